The SMILES string of the molecule is Cc1c(F)cccc1[C@H](N)C(F)(F)CO. The summed E-state index contributed by atoms with van der Waals surface area (Å²) in [4.78, 5) is 0. The maximum Gasteiger partial charge on any atom is 0.289 e. The number of halogens is 3. The Balaban J connectivity index is 3.12. The van der Waals surface area contributed by atoms with E-state index in [9.17, 15) is 13.2 Å². The number of nitrogens with two attached hydrogens (primary N) is 1. The van der Waals surface area contributed by atoms with Crippen LogP contribution in [0.5, 0.6) is 0 Å². The number of hydrogen-bond donors (Lipinski definition) is 2. The van der Waals surface area contributed by atoms with Crippen LogP contribution < -0.4 is 5.73 Å². The van der Waals surface area contributed by atoms with Gasteiger partial charge in [-0.05, 0) is 24.1 Å². The normalized spacial score (nSPS) is 14.0. The first-order valence-electron chi connectivity index (χ1n) is 4.39. The molecule has 15 heavy (non-hydrogen) atoms. The van der Waals surface area contributed by atoms with Gasteiger partial charge in [-0.25, -0.2) is 13.2 Å². The fourth-order valence-electron chi connectivity index (χ4n) is 1.29. The van der Waals surface area contributed by atoms with Crippen LogP contribution in [0.4, 0.5) is 13.2 Å². The fraction of sp³-hybridized carbons (Fsp3) is 0.400. The molecule has 0 aliphatic rings. The highest BCUT2D eigenvalue weighted by Crippen LogP contribution is 2.31. The molecule has 0 saturated heterocycles. The molecule has 3 N–H and O–H groups in total. The first-order valence-corrected chi connectivity index (χ1v) is 4.39. The van der Waals surface area contributed by atoms with Crippen LogP contribution >= 0.6 is 0 Å². The van der Waals surface area contributed by atoms with Gasteiger partial charge in [0.1, 0.15) is 12.4 Å². The second-order valence-corrected chi connectivity index (χ2v) is 3.35. The second-order valence-electron chi connectivity index (χ2n) is 3.35. The van der Waals surface area contributed by atoms with E-state index in [0.29, 0.717) is 0 Å². The minimum Gasteiger partial charge on any atom is -0.390 e. The fourth-order valence-corrected chi connectivity index (χ4v) is 1.29. The van der Waals surface area contributed by atoms with Gasteiger partial charge in [-0.2, -0.15) is 0 Å². The van der Waals surface area contributed by atoms with Gasteiger partial charge in [0.05, 0.1) is 6.04 Å². The Morgan fingerprint density at radius 1 is 1.47 bits per heavy atom. The summed E-state index contributed by atoms with van der Waals surface area (Å²) in [5.41, 5.74) is 5.37. The van der Waals surface area contributed by atoms with Gasteiger partial charge in [0.2, 0.25) is 0 Å². The van der Waals surface area contributed by atoms with Crippen LogP contribution in [0.2, 0.25) is 0 Å². The molecule has 1 aromatic rings. The lowest BCUT2D eigenvalue weighted by atomic mass is 9.97. The van der Waals surface area contributed by atoms with Gasteiger partial charge in [-0.15, -0.1) is 0 Å². The van der Waals surface area contributed by atoms with Gasteiger partial charge >= 0.3 is 0 Å². The lowest BCUT2D eigenvalue weighted by molar-refractivity contribution is -0.0713. The van der Waals surface area contributed by atoms with Crippen LogP contribution in [0.25, 0.3) is 0 Å². The lowest BCUT2D eigenvalue weighted by Gasteiger charge is -2.23. The second kappa shape index (κ2) is 4.20. The van der Waals surface area contributed by atoms with E-state index in [2.05, 4.69) is 0 Å². The van der Waals surface area contributed by atoms with Crippen LogP contribution in [-0.2, 0) is 0 Å². The van der Waals surface area contributed by atoms with Gasteiger partial charge in [0.15, 0.2) is 0 Å². The van der Waals surface area contributed by atoms with E-state index in [1.807, 2.05) is 0 Å². The smallest absolute Gasteiger partial charge is 0.289 e. The first-order chi connectivity index (χ1) is 6.90. The maximum absolute atomic E-state index is 13.1. The highest BCUT2D eigenvalue weighted by atomic mass is 19.3. The van der Waals surface area contributed by atoms with Gasteiger partial charge in [0.25, 0.3) is 5.92 Å². The zero-order valence-electron chi connectivity index (χ0n) is 8.17. The molecule has 1 rings (SSSR count). The van der Waals surface area contributed by atoms with Crippen LogP contribution in [0.15, 0.2) is 18.2 Å². The molecule has 1 atom stereocenters. The van der Waals surface area contributed by atoms with E-state index in [0.717, 1.165) is 0 Å². The minimum atomic E-state index is -3.45. The molecule has 5 heteroatoms. The van der Waals surface area contributed by atoms with Crippen LogP contribution in [-0.4, -0.2) is 17.6 Å². The van der Waals surface area contributed by atoms with Gasteiger partial charge < -0.3 is 10.8 Å². The monoisotopic (exact) mass is 219 g/mol. The van der Waals surface area contributed by atoms with E-state index in [-0.39, 0.29) is 11.1 Å². The molecule has 84 valence electrons. The molecule has 0 saturated carbocycles. The van der Waals surface area contributed by atoms with Crippen molar-refractivity contribution in [2.24, 2.45) is 5.73 Å². The molecule has 0 aromatic heterocycles. The molecule has 0 unspecified atom stereocenters. The highest BCUT2D eigenvalue weighted by molar-refractivity contribution is 5.31. The van der Waals surface area contributed by atoms with E-state index < -0.39 is 24.4 Å². The van der Waals surface area contributed by atoms with Crippen molar-refractivity contribution in [3.63, 3.8) is 0 Å². The molecular formula is C10H12F3NO. The van der Waals surface area contributed by atoms with E-state index in [1.165, 1.54) is 25.1 Å². The molecule has 0 spiro atoms. The van der Waals surface area contributed by atoms with E-state index >= 15 is 0 Å². The molecular weight excluding hydrogens is 207 g/mol. The molecule has 0 fully saturated rings. The summed E-state index contributed by atoms with van der Waals surface area (Å²) in [7, 11) is 0. The van der Waals surface area contributed by atoms with Gasteiger partial charge in [-0.1, -0.05) is 12.1 Å². The topological polar surface area (TPSA) is 46.2 Å². The quantitative estimate of drug-likeness (QED) is 0.813. The summed E-state index contributed by atoms with van der Waals surface area (Å²) in [5, 5.41) is 8.46. The van der Waals surface area contributed by atoms with Crippen molar-refractivity contribution in [2.45, 2.75) is 18.9 Å². The number of aliphatic hydroxyl groups is 1. The summed E-state index contributed by atoms with van der Waals surface area (Å²) in [6.07, 6.45) is 0. The molecule has 0 amide bonds. The molecule has 0 aliphatic carbocycles. The van der Waals surface area contributed by atoms with Crippen molar-refractivity contribution in [1.29, 1.82) is 0 Å². The minimum absolute atomic E-state index is 0.00838. The Morgan fingerprint density at radius 2 is 2.07 bits per heavy atom. The molecule has 0 bridgehead atoms. The number of benzene rings is 1. The van der Waals surface area contributed by atoms with Crippen LogP contribution in [0.3, 0.4) is 0 Å². The number of rotatable bonds is 3. The molecule has 0 aliphatic heterocycles. The van der Waals surface area contributed by atoms with Crippen molar-refractivity contribution in [2.75, 3.05) is 6.61 Å². The number of alkyl halides is 2. The van der Waals surface area contributed by atoms with E-state index in [4.69, 9.17) is 10.8 Å². The number of aliphatic hydroxyl groups excluding tert-OH is 1. The highest BCUT2D eigenvalue weighted by Gasteiger charge is 2.38. The Bertz CT molecular complexity index is 355. The maximum atomic E-state index is 13.1. The molecule has 2 nitrogen and oxygen atoms in total. The Kier molecular flexibility index (Phi) is 3.36. The van der Waals surface area contributed by atoms with Crippen LogP contribution in [0.1, 0.15) is 17.2 Å². The third kappa shape index (κ3) is 2.30. The zero-order chi connectivity index (χ0) is 11.6. The predicted molar refractivity (Wildman–Crippen MR) is 50.1 cm³/mol. The number of hydrogen-bond acceptors (Lipinski definition) is 2. The zero-order valence-corrected chi connectivity index (χ0v) is 8.17. The van der Waals surface area contributed by atoms with E-state index in [1.54, 1.807) is 0 Å². The summed E-state index contributed by atoms with van der Waals surface area (Å²) in [6, 6.07) is 2.11. The standard InChI is InChI=1S/C10H12F3NO/c1-6-7(3-2-4-8(6)11)9(14)10(12,13)5-15/h2-4,9,15H,5,14H2,1H3/t9-/m0/s1. The largest absolute Gasteiger partial charge is 0.390 e. The third-order valence-corrected chi connectivity index (χ3v) is 2.31. The third-order valence-electron chi connectivity index (χ3n) is 2.31. The van der Waals surface area contributed by atoms with Gasteiger partial charge in [0, 0.05) is 0 Å². The molecule has 0 heterocycles. The summed E-state index contributed by atoms with van der Waals surface area (Å²) >= 11 is 0. The predicted octanol–water partition coefficient (Wildman–Crippen LogP) is 1.76. The average molecular weight is 219 g/mol. The van der Waals surface area contributed by atoms with Crippen molar-refractivity contribution in [1.82, 2.24) is 0 Å². The summed E-state index contributed by atoms with van der Waals surface area (Å²) < 4.78 is 39.2. The van der Waals surface area contributed by atoms with Gasteiger partial charge in [-0.3, -0.25) is 0 Å². The van der Waals surface area contributed by atoms with Crippen molar-refractivity contribution >= 4 is 0 Å². The summed E-state index contributed by atoms with van der Waals surface area (Å²) in [5.74, 6) is -4.03. The Morgan fingerprint density at radius 3 is 2.60 bits per heavy atom. The molecule has 1 aromatic carbocycles. The summed E-state index contributed by atoms with van der Waals surface area (Å²) in [6.45, 7) is 0.0160. The van der Waals surface area contributed by atoms with Crippen LogP contribution in [0, 0.1) is 12.7 Å². The van der Waals surface area contributed by atoms with Crippen molar-refractivity contribution in [3.8, 4) is 0 Å². The Hall–Kier alpha value is -1.07. The first kappa shape index (κ1) is 12.0. The average Bonchev–Trinajstić information content (AvgIpc) is 2.21. The Labute approximate surface area is 85.5 Å². The molecule has 0 radical (unpaired) electrons. The van der Waals surface area contributed by atoms with Crippen molar-refractivity contribution in [3.05, 3.63) is 35.1 Å². The van der Waals surface area contributed by atoms with Crippen molar-refractivity contribution < 1.29 is 18.3 Å². The lowest BCUT2D eigenvalue weighted by Crippen LogP contribution is -2.36.